The first kappa shape index (κ1) is 20.6. The van der Waals surface area contributed by atoms with Crippen LogP contribution in [-0.4, -0.2) is 20.7 Å². The summed E-state index contributed by atoms with van der Waals surface area (Å²) in [7, 11) is -1.13. The smallest absolute Gasteiger partial charge is 0.0716 e. The highest BCUT2D eigenvalue weighted by molar-refractivity contribution is 6.80. The molecule has 2 aromatic carbocycles. The Bertz CT molecular complexity index is 634. The quantitative estimate of drug-likeness (QED) is 0.414. The summed E-state index contributed by atoms with van der Waals surface area (Å²) in [6.07, 6.45) is 4.45. The highest BCUT2D eigenvalue weighted by Crippen LogP contribution is 2.09. The van der Waals surface area contributed by atoms with Crippen molar-refractivity contribution in [3.8, 4) is 0 Å². The van der Waals surface area contributed by atoms with Crippen molar-refractivity contribution < 1.29 is 4.74 Å². The van der Waals surface area contributed by atoms with E-state index in [0.29, 0.717) is 12.6 Å². The van der Waals surface area contributed by atoms with Crippen molar-refractivity contribution in [1.29, 1.82) is 0 Å². The van der Waals surface area contributed by atoms with Crippen LogP contribution in [0.2, 0.25) is 19.6 Å². The van der Waals surface area contributed by atoms with Crippen LogP contribution in [0.4, 0.5) is 0 Å². The minimum absolute atomic E-state index is 0.443. The number of rotatable bonds is 11. The van der Waals surface area contributed by atoms with E-state index in [0.717, 1.165) is 26.0 Å². The van der Waals surface area contributed by atoms with Crippen molar-refractivity contribution in [2.45, 2.75) is 51.7 Å². The summed E-state index contributed by atoms with van der Waals surface area (Å²) < 4.78 is 5.89. The molecule has 1 N–H and O–H groups in total. The standard InChI is InChI=1S/C23H33NOSi/c1-26(2,3)18-10-15-23(24-19-21-11-6-4-7-12-21)16-17-25-20-22-13-8-5-9-14-22/h4-14,18,23-24H,15-17,19-20H2,1-3H3/b18-10-. The molecule has 0 radical (unpaired) electrons. The predicted molar refractivity (Wildman–Crippen MR) is 115 cm³/mol. The van der Waals surface area contributed by atoms with Crippen LogP contribution in [0.25, 0.3) is 0 Å². The maximum Gasteiger partial charge on any atom is 0.0716 e. The fourth-order valence-electron chi connectivity index (χ4n) is 2.74. The lowest BCUT2D eigenvalue weighted by molar-refractivity contribution is 0.111. The maximum atomic E-state index is 5.89. The van der Waals surface area contributed by atoms with Gasteiger partial charge in [0.25, 0.3) is 0 Å². The molecule has 2 rings (SSSR count). The van der Waals surface area contributed by atoms with Gasteiger partial charge in [0.1, 0.15) is 0 Å². The third-order valence-corrected chi connectivity index (χ3v) is 5.43. The highest BCUT2D eigenvalue weighted by atomic mass is 28.3. The van der Waals surface area contributed by atoms with Gasteiger partial charge in [0.05, 0.1) is 14.7 Å². The largest absolute Gasteiger partial charge is 0.377 e. The molecule has 3 heteroatoms. The minimum atomic E-state index is -1.13. The van der Waals surface area contributed by atoms with E-state index < -0.39 is 8.07 Å². The van der Waals surface area contributed by atoms with Gasteiger partial charge in [0, 0.05) is 19.2 Å². The fraction of sp³-hybridized carbons (Fsp3) is 0.391. The van der Waals surface area contributed by atoms with Crippen LogP contribution in [0.15, 0.2) is 72.4 Å². The Hall–Kier alpha value is -1.68. The van der Waals surface area contributed by atoms with Crippen molar-refractivity contribution in [3.05, 3.63) is 83.6 Å². The monoisotopic (exact) mass is 367 g/mol. The van der Waals surface area contributed by atoms with Crippen LogP contribution in [0.3, 0.4) is 0 Å². The van der Waals surface area contributed by atoms with Gasteiger partial charge in [-0.1, -0.05) is 92.1 Å². The van der Waals surface area contributed by atoms with E-state index in [1.54, 1.807) is 0 Å². The second kappa shape index (κ2) is 11.1. The van der Waals surface area contributed by atoms with Crippen LogP contribution in [0.1, 0.15) is 24.0 Å². The van der Waals surface area contributed by atoms with Crippen molar-refractivity contribution in [3.63, 3.8) is 0 Å². The summed E-state index contributed by atoms with van der Waals surface area (Å²) in [5.41, 5.74) is 5.01. The first-order valence-corrected chi connectivity index (χ1v) is 13.2. The second-order valence-corrected chi connectivity index (χ2v) is 13.0. The topological polar surface area (TPSA) is 21.3 Å². The van der Waals surface area contributed by atoms with Gasteiger partial charge in [-0.05, 0) is 24.0 Å². The minimum Gasteiger partial charge on any atom is -0.377 e. The molecular formula is C23H33NOSi. The molecule has 0 aliphatic heterocycles. The van der Waals surface area contributed by atoms with Gasteiger partial charge in [-0.2, -0.15) is 0 Å². The van der Waals surface area contributed by atoms with E-state index >= 15 is 0 Å². The van der Waals surface area contributed by atoms with E-state index in [9.17, 15) is 0 Å². The SMILES string of the molecule is C[Si](C)(C)/C=C\CC(CCOCc1ccccc1)NCc1ccccc1. The molecule has 140 valence electrons. The highest BCUT2D eigenvalue weighted by Gasteiger charge is 2.10. The Morgan fingerprint density at radius 1 is 0.923 bits per heavy atom. The molecule has 2 aromatic rings. The van der Waals surface area contributed by atoms with Gasteiger partial charge < -0.3 is 10.1 Å². The lowest BCUT2D eigenvalue weighted by atomic mass is 10.1. The zero-order valence-electron chi connectivity index (χ0n) is 16.4. The zero-order chi connectivity index (χ0) is 18.7. The number of ether oxygens (including phenoxy) is 1. The van der Waals surface area contributed by atoms with Gasteiger partial charge in [-0.25, -0.2) is 0 Å². The number of nitrogens with one attached hydrogen (secondary N) is 1. The average Bonchev–Trinajstić information content (AvgIpc) is 2.63. The Labute approximate surface area is 160 Å². The molecule has 0 aliphatic carbocycles. The van der Waals surface area contributed by atoms with Crippen molar-refractivity contribution in [2.75, 3.05) is 6.61 Å². The van der Waals surface area contributed by atoms with Gasteiger partial charge >= 0.3 is 0 Å². The fourth-order valence-corrected chi connectivity index (χ4v) is 3.58. The van der Waals surface area contributed by atoms with Crippen LogP contribution in [0.5, 0.6) is 0 Å². The molecule has 26 heavy (non-hydrogen) atoms. The molecule has 0 saturated carbocycles. The molecular weight excluding hydrogens is 334 g/mol. The molecule has 0 heterocycles. The second-order valence-electron chi connectivity index (χ2n) is 7.89. The molecule has 2 nitrogen and oxygen atoms in total. The Kier molecular flexibility index (Phi) is 8.82. The summed E-state index contributed by atoms with van der Waals surface area (Å²) in [6.45, 7) is 9.50. The van der Waals surface area contributed by atoms with E-state index in [1.165, 1.54) is 11.1 Å². The molecule has 0 amide bonds. The molecule has 0 bridgehead atoms. The van der Waals surface area contributed by atoms with E-state index in [-0.39, 0.29) is 0 Å². The van der Waals surface area contributed by atoms with E-state index in [2.05, 4.69) is 91.3 Å². The Morgan fingerprint density at radius 3 is 2.15 bits per heavy atom. The summed E-state index contributed by atoms with van der Waals surface area (Å²) in [4.78, 5) is 0. The van der Waals surface area contributed by atoms with Crippen molar-refractivity contribution in [1.82, 2.24) is 5.32 Å². The lowest BCUT2D eigenvalue weighted by Crippen LogP contribution is -2.29. The molecule has 0 aromatic heterocycles. The Balaban J connectivity index is 1.80. The summed E-state index contributed by atoms with van der Waals surface area (Å²) >= 11 is 0. The first-order valence-electron chi connectivity index (χ1n) is 9.59. The third kappa shape index (κ3) is 9.14. The van der Waals surface area contributed by atoms with Crippen LogP contribution >= 0.6 is 0 Å². The molecule has 0 fully saturated rings. The predicted octanol–water partition coefficient (Wildman–Crippen LogP) is 5.58. The van der Waals surface area contributed by atoms with E-state index in [4.69, 9.17) is 4.74 Å². The normalized spacial score (nSPS) is 13.2. The van der Waals surface area contributed by atoms with Crippen molar-refractivity contribution >= 4 is 8.07 Å². The number of benzene rings is 2. The lowest BCUT2D eigenvalue weighted by Gasteiger charge is -2.18. The molecule has 0 spiro atoms. The van der Waals surface area contributed by atoms with Gasteiger partial charge in [0.15, 0.2) is 0 Å². The van der Waals surface area contributed by atoms with Gasteiger partial charge in [-0.3, -0.25) is 0 Å². The molecule has 0 aliphatic rings. The summed E-state index contributed by atoms with van der Waals surface area (Å²) in [6, 6.07) is 21.4. The molecule has 1 atom stereocenters. The third-order valence-electron chi connectivity index (χ3n) is 4.20. The average molecular weight is 368 g/mol. The number of hydrogen-bond donors (Lipinski definition) is 1. The summed E-state index contributed by atoms with van der Waals surface area (Å²) in [5.74, 6) is 0. The Morgan fingerprint density at radius 2 is 1.54 bits per heavy atom. The van der Waals surface area contributed by atoms with Crippen LogP contribution in [0, 0.1) is 0 Å². The maximum absolute atomic E-state index is 5.89. The van der Waals surface area contributed by atoms with E-state index in [1.807, 2.05) is 6.07 Å². The van der Waals surface area contributed by atoms with Crippen LogP contribution < -0.4 is 5.32 Å². The van der Waals surface area contributed by atoms with Crippen molar-refractivity contribution in [2.24, 2.45) is 0 Å². The van der Waals surface area contributed by atoms with Gasteiger partial charge in [-0.15, -0.1) is 0 Å². The molecule has 1 unspecified atom stereocenters. The summed E-state index contributed by atoms with van der Waals surface area (Å²) in [5, 5.41) is 3.71. The molecule has 0 saturated heterocycles. The number of hydrogen-bond acceptors (Lipinski definition) is 2. The zero-order valence-corrected chi connectivity index (χ0v) is 17.4. The first-order chi connectivity index (χ1) is 12.5. The van der Waals surface area contributed by atoms with Crippen LogP contribution in [-0.2, 0) is 17.9 Å². The van der Waals surface area contributed by atoms with Gasteiger partial charge in [0.2, 0.25) is 0 Å².